The average Bonchev–Trinajstić information content (AvgIpc) is 3.38. The van der Waals surface area contributed by atoms with Crippen LogP contribution in [0.25, 0.3) is 22.4 Å². The lowest BCUT2D eigenvalue weighted by Crippen LogP contribution is -2.25. The molecule has 6 nitrogen and oxygen atoms in total. The zero-order valence-electron chi connectivity index (χ0n) is 16.5. The zero-order valence-corrected chi connectivity index (χ0v) is 16.5. The zero-order chi connectivity index (χ0) is 20.1. The van der Waals surface area contributed by atoms with Crippen molar-refractivity contribution in [2.45, 2.75) is 32.7 Å². The second-order valence-corrected chi connectivity index (χ2v) is 7.14. The van der Waals surface area contributed by atoms with Gasteiger partial charge in [-0.05, 0) is 43.0 Å². The smallest absolute Gasteiger partial charge is 0.247 e. The Kier molecular flexibility index (Phi) is 5.70. The van der Waals surface area contributed by atoms with Gasteiger partial charge in [-0.3, -0.25) is 4.79 Å². The molecule has 0 saturated carbocycles. The molecule has 0 aliphatic carbocycles. The number of carbonyl (C=O) groups is 1. The van der Waals surface area contributed by atoms with E-state index < -0.39 is 0 Å². The van der Waals surface area contributed by atoms with Crippen molar-refractivity contribution in [3.05, 3.63) is 72.2 Å². The first kappa shape index (κ1) is 18.9. The van der Waals surface area contributed by atoms with Gasteiger partial charge in [0.05, 0.1) is 0 Å². The van der Waals surface area contributed by atoms with Crippen molar-refractivity contribution in [3.63, 3.8) is 0 Å². The summed E-state index contributed by atoms with van der Waals surface area (Å²) in [5.41, 5.74) is 3.28. The predicted octanol–water partition coefficient (Wildman–Crippen LogP) is 4.14. The lowest BCUT2D eigenvalue weighted by atomic mass is 10.1. The fourth-order valence-corrected chi connectivity index (χ4v) is 3.29. The minimum atomic E-state index is -0.00236. The van der Waals surface area contributed by atoms with Crippen LogP contribution in [0.2, 0.25) is 0 Å². The number of nitrogens with zero attached hydrogens (tertiary/aromatic N) is 3. The number of nitrogens with one attached hydrogen (secondary N) is 1. The van der Waals surface area contributed by atoms with Gasteiger partial charge in [0.15, 0.2) is 0 Å². The molecule has 1 N–H and O–H groups in total. The molecule has 0 fully saturated rings. The predicted molar refractivity (Wildman–Crippen MR) is 112 cm³/mol. The quantitative estimate of drug-likeness (QED) is 0.461. The summed E-state index contributed by atoms with van der Waals surface area (Å²) in [7, 11) is 0. The summed E-state index contributed by atoms with van der Waals surface area (Å²) in [6.45, 7) is 3.55. The Morgan fingerprint density at radius 2 is 1.90 bits per heavy atom. The van der Waals surface area contributed by atoms with Gasteiger partial charge < -0.3 is 14.3 Å². The van der Waals surface area contributed by atoms with Gasteiger partial charge in [0.25, 0.3) is 0 Å². The fraction of sp³-hybridized carbons (Fsp3) is 0.261. The first-order valence-corrected chi connectivity index (χ1v) is 9.89. The molecule has 148 valence electrons. The molecule has 1 amide bonds. The van der Waals surface area contributed by atoms with Crippen LogP contribution in [0.1, 0.15) is 24.3 Å². The summed E-state index contributed by atoms with van der Waals surface area (Å²) in [5.74, 6) is 0.964. The molecule has 0 radical (unpaired) electrons. The summed E-state index contributed by atoms with van der Waals surface area (Å²) in [6.07, 6.45) is 3.74. The van der Waals surface area contributed by atoms with Crippen molar-refractivity contribution >= 4 is 16.8 Å². The highest BCUT2D eigenvalue weighted by molar-refractivity contribution is 5.79. The normalized spacial score (nSPS) is 11.1. The molecule has 0 atom stereocenters. The van der Waals surface area contributed by atoms with Gasteiger partial charge in [0, 0.05) is 43.2 Å². The summed E-state index contributed by atoms with van der Waals surface area (Å²) < 4.78 is 7.88. The third kappa shape index (κ3) is 4.71. The lowest BCUT2D eigenvalue weighted by molar-refractivity contribution is -0.121. The van der Waals surface area contributed by atoms with E-state index in [1.165, 1.54) is 16.5 Å². The van der Waals surface area contributed by atoms with Gasteiger partial charge in [-0.25, -0.2) is 0 Å². The van der Waals surface area contributed by atoms with Crippen LogP contribution in [-0.2, 0) is 17.8 Å². The Bertz CT molecular complexity index is 1100. The van der Waals surface area contributed by atoms with Gasteiger partial charge >= 0.3 is 0 Å². The lowest BCUT2D eigenvalue weighted by Gasteiger charge is -2.07. The van der Waals surface area contributed by atoms with E-state index in [1.54, 1.807) is 0 Å². The van der Waals surface area contributed by atoms with Crippen molar-refractivity contribution in [2.75, 3.05) is 6.54 Å². The Balaban J connectivity index is 1.20. The molecule has 29 heavy (non-hydrogen) atoms. The molecule has 6 heteroatoms. The average molecular weight is 388 g/mol. The van der Waals surface area contributed by atoms with E-state index in [0.29, 0.717) is 31.2 Å². The van der Waals surface area contributed by atoms with Crippen LogP contribution in [0.4, 0.5) is 0 Å². The minimum absolute atomic E-state index is 0.00236. The summed E-state index contributed by atoms with van der Waals surface area (Å²) in [4.78, 5) is 12.1. The first-order chi connectivity index (χ1) is 14.2. The van der Waals surface area contributed by atoms with Gasteiger partial charge in [-0.1, -0.05) is 35.9 Å². The molecule has 2 heterocycles. The summed E-state index contributed by atoms with van der Waals surface area (Å²) in [6, 6.07) is 18.3. The van der Waals surface area contributed by atoms with Crippen LogP contribution in [-0.4, -0.2) is 27.2 Å². The van der Waals surface area contributed by atoms with Crippen LogP contribution in [0.15, 0.2) is 65.2 Å². The summed E-state index contributed by atoms with van der Waals surface area (Å²) >= 11 is 0. The van der Waals surface area contributed by atoms with Gasteiger partial charge in [-0.15, -0.1) is 10.2 Å². The molecule has 4 rings (SSSR count). The third-order valence-electron chi connectivity index (χ3n) is 4.91. The van der Waals surface area contributed by atoms with Gasteiger partial charge in [-0.2, -0.15) is 0 Å². The standard InChI is InChI=1S/C23H24N4O2/c1-17-7-9-19(10-8-17)23-26-25-22(29-23)12-11-21(28)24-14-4-15-27-16-13-18-5-2-3-6-20(18)27/h2-3,5-10,13,16H,4,11-12,14-15H2,1H3,(H,24,28). The second-order valence-electron chi connectivity index (χ2n) is 7.14. The van der Waals surface area contributed by atoms with Crippen molar-refractivity contribution in [1.82, 2.24) is 20.1 Å². The van der Waals surface area contributed by atoms with Gasteiger partial charge in [0.2, 0.25) is 17.7 Å². The molecular formula is C23H24N4O2. The number of carbonyl (C=O) groups excluding carboxylic acids is 1. The Labute approximate surface area is 169 Å². The van der Waals surface area contributed by atoms with E-state index in [4.69, 9.17) is 4.42 Å². The molecule has 0 aliphatic rings. The van der Waals surface area contributed by atoms with E-state index in [2.05, 4.69) is 44.5 Å². The van der Waals surface area contributed by atoms with E-state index in [9.17, 15) is 4.79 Å². The molecule has 0 bridgehead atoms. The Morgan fingerprint density at radius 3 is 2.76 bits per heavy atom. The highest BCUT2D eigenvalue weighted by Crippen LogP contribution is 2.19. The molecule has 0 spiro atoms. The number of para-hydroxylation sites is 1. The van der Waals surface area contributed by atoms with Crippen molar-refractivity contribution < 1.29 is 9.21 Å². The van der Waals surface area contributed by atoms with E-state index in [1.807, 2.05) is 43.3 Å². The van der Waals surface area contributed by atoms with E-state index >= 15 is 0 Å². The van der Waals surface area contributed by atoms with Crippen molar-refractivity contribution in [2.24, 2.45) is 0 Å². The van der Waals surface area contributed by atoms with Crippen LogP contribution in [0, 0.1) is 6.92 Å². The Hall–Kier alpha value is -3.41. The number of hydrogen-bond donors (Lipinski definition) is 1. The maximum Gasteiger partial charge on any atom is 0.247 e. The highest BCUT2D eigenvalue weighted by atomic mass is 16.4. The SMILES string of the molecule is Cc1ccc(-c2nnc(CCC(=O)NCCCn3ccc4ccccc43)o2)cc1. The fourth-order valence-electron chi connectivity index (χ4n) is 3.29. The number of fused-ring (bicyclic) bond motifs is 1. The Morgan fingerprint density at radius 1 is 1.07 bits per heavy atom. The topological polar surface area (TPSA) is 73.0 Å². The van der Waals surface area contributed by atoms with Crippen LogP contribution < -0.4 is 5.32 Å². The number of hydrogen-bond acceptors (Lipinski definition) is 4. The van der Waals surface area contributed by atoms with Crippen molar-refractivity contribution in [3.8, 4) is 11.5 Å². The third-order valence-corrected chi connectivity index (χ3v) is 4.91. The molecule has 0 unspecified atom stereocenters. The number of benzene rings is 2. The molecule has 2 aromatic carbocycles. The van der Waals surface area contributed by atoms with Crippen molar-refractivity contribution in [1.29, 1.82) is 0 Å². The maximum atomic E-state index is 12.1. The molecule has 0 saturated heterocycles. The highest BCUT2D eigenvalue weighted by Gasteiger charge is 2.10. The maximum absolute atomic E-state index is 12.1. The number of rotatable bonds is 8. The molecule has 0 aliphatic heterocycles. The van der Waals surface area contributed by atoms with Crippen LogP contribution in [0.5, 0.6) is 0 Å². The summed E-state index contributed by atoms with van der Waals surface area (Å²) in [5, 5.41) is 12.3. The van der Waals surface area contributed by atoms with Gasteiger partial charge in [0.1, 0.15) is 0 Å². The monoisotopic (exact) mass is 388 g/mol. The number of aromatic nitrogens is 3. The van der Waals surface area contributed by atoms with E-state index in [0.717, 1.165) is 18.5 Å². The largest absolute Gasteiger partial charge is 0.421 e. The van der Waals surface area contributed by atoms with E-state index in [-0.39, 0.29) is 5.91 Å². The van der Waals surface area contributed by atoms with Crippen LogP contribution >= 0.6 is 0 Å². The minimum Gasteiger partial charge on any atom is -0.421 e. The molecule has 2 aromatic heterocycles. The first-order valence-electron chi connectivity index (χ1n) is 9.89. The number of amides is 1. The molecule has 4 aromatic rings. The number of aryl methyl sites for hydroxylation is 3. The second kappa shape index (κ2) is 8.73. The molecular weight excluding hydrogens is 364 g/mol. The van der Waals surface area contributed by atoms with Crippen LogP contribution in [0.3, 0.4) is 0 Å².